The number of fused-ring (bicyclic) bond motifs is 1. The first-order valence-corrected chi connectivity index (χ1v) is 7.53. The molecule has 0 amide bonds. The predicted octanol–water partition coefficient (Wildman–Crippen LogP) is 4.46. The van der Waals surface area contributed by atoms with Crippen molar-refractivity contribution in [3.63, 3.8) is 0 Å². The molecule has 0 unspecified atom stereocenters. The third-order valence-electron chi connectivity index (χ3n) is 3.30. The van der Waals surface area contributed by atoms with Gasteiger partial charge in [-0.25, -0.2) is 0 Å². The van der Waals surface area contributed by atoms with E-state index in [1.807, 2.05) is 30.3 Å². The van der Waals surface area contributed by atoms with Crippen molar-refractivity contribution in [1.29, 1.82) is 0 Å². The summed E-state index contributed by atoms with van der Waals surface area (Å²) < 4.78 is 6.55. The van der Waals surface area contributed by atoms with Crippen LogP contribution >= 0.6 is 27.5 Å². The van der Waals surface area contributed by atoms with E-state index in [2.05, 4.69) is 15.9 Å². The zero-order valence-corrected chi connectivity index (χ0v) is 13.0. The molecule has 1 aliphatic heterocycles. The van der Waals surface area contributed by atoms with Crippen LogP contribution in [0.15, 0.2) is 40.9 Å². The predicted molar refractivity (Wildman–Crippen MR) is 82.8 cm³/mol. The van der Waals surface area contributed by atoms with E-state index in [4.69, 9.17) is 16.3 Å². The Labute approximate surface area is 130 Å². The van der Waals surface area contributed by atoms with E-state index in [0.717, 1.165) is 22.0 Å². The number of hydrogen-bond donors (Lipinski definition) is 0. The molecule has 0 fully saturated rings. The molecule has 0 aromatic heterocycles. The van der Waals surface area contributed by atoms with Gasteiger partial charge < -0.3 is 4.74 Å². The molecule has 102 valence electrons. The number of hydrogen-bond acceptors (Lipinski definition) is 2. The summed E-state index contributed by atoms with van der Waals surface area (Å²) in [5, 5.41) is 0.590. The third kappa shape index (κ3) is 2.74. The third-order valence-corrected chi connectivity index (χ3v) is 4.01. The van der Waals surface area contributed by atoms with E-state index in [1.54, 1.807) is 6.07 Å². The van der Waals surface area contributed by atoms with Crippen molar-refractivity contribution in [3.05, 3.63) is 62.6 Å². The first-order valence-electron chi connectivity index (χ1n) is 6.36. The Bertz CT molecular complexity index is 682. The van der Waals surface area contributed by atoms with Crippen LogP contribution in [0.5, 0.6) is 5.75 Å². The summed E-state index contributed by atoms with van der Waals surface area (Å²) in [5.41, 5.74) is 2.58. The van der Waals surface area contributed by atoms with Crippen molar-refractivity contribution in [2.24, 2.45) is 0 Å². The SMILES string of the molecule is O=C(Cc1cccc(Br)c1)c1cc(Cl)cc2c1OCC2. The lowest BCUT2D eigenvalue weighted by Crippen LogP contribution is -2.06. The van der Waals surface area contributed by atoms with Crippen LogP contribution in [0.25, 0.3) is 0 Å². The monoisotopic (exact) mass is 350 g/mol. The molecule has 4 heteroatoms. The van der Waals surface area contributed by atoms with Crippen molar-refractivity contribution in [2.75, 3.05) is 6.61 Å². The summed E-state index contributed by atoms with van der Waals surface area (Å²) in [6.45, 7) is 0.618. The van der Waals surface area contributed by atoms with Crippen molar-refractivity contribution < 1.29 is 9.53 Å². The van der Waals surface area contributed by atoms with Crippen molar-refractivity contribution >= 4 is 33.3 Å². The molecule has 20 heavy (non-hydrogen) atoms. The normalized spacial score (nSPS) is 12.9. The lowest BCUT2D eigenvalue weighted by molar-refractivity contribution is 0.0990. The molecule has 0 spiro atoms. The summed E-state index contributed by atoms with van der Waals surface area (Å²) >= 11 is 9.50. The minimum atomic E-state index is 0.0313. The molecule has 0 bridgehead atoms. The van der Waals surface area contributed by atoms with Crippen LogP contribution in [0, 0.1) is 0 Å². The molecule has 2 nitrogen and oxygen atoms in total. The number of carbonyl (C=O) groups excluding carboxylic acids is 1. The number of benzene rings is 2. The number of ketones is 1. The zero-order chi connectivity index (χ0) is 14.1. The van der Waals surface area contributed by atoms with Gasteiger partial charge in [0.1, 0.15) is 5.75 Å². The van der Waals surface area contributed by atoms with Crippen LogP contribution in [0.1, 0.15) is 21.5 Å². The highest BCUT2D eigenvalue weighted by Gasteiger charge is 2.22. The van der Waals surface area contributed by atoms with E-state index in [1.165, 1.54) is 0 Å². The van der Waals surface area contributed by atoms with Gasteiger partial charge in [0.2, 0.25) is 0 Å². The first-order chi connectivity index (χ1) is 9.63. The molecule has 0 atom stereocenters. The van der Waals surface area contributed by atoms with E-state index < -0.39 is 0 Å². The Morgan fingerprint density at radius 1 is 1.30 bits per heavy atom. The summed E-state index contributed by atoms with van der Waals surface area (Å²) in [6, 6.07) is 11.3. The van der Waals surface area contributed by atoms with Crippen molar-refractivity contribution in [3.8, 4) is 5.75 Å². The number of Topliss-reactive ketones (excluding diaryl/α,β-unsaturated/α-hetero) is 1. The van der Waals surface area contributed by atoms with Crippen LogP contribution in [0.3, 0.4) is 0 Å². The Balaban J connectivity index is 1.92. The van der Waals surface area contributed by atoms with Gasteiger partial charge in [0, 0.05) is 22.3 Å². The van der Waals surface area contributed by atoms with Gasteiger partial charge in [-0.05, 0) is 35.4 Å². The molecule has 0 N–H and O–H groups in total. The molecule has 2 aromatic carbocycles. The second kappa shape index (κ2) is 5.58. The van der Waals surface area contributed by atoms with Crippen LogP contribution in [-0.2, 0) is 12.8 Å². The maximum Gasteiger partial charge on any atom is 0.171 e. The van der Waals surface area contributed by atoms with E-state index in [9.17, 15) is 4.79 Å². The van der Waals surface area contributed by atoms with Gasteiger partial charge in [-0.15, -0.1) is 0 Å². The minimum absolute atomic E-state index is 0.0313. The highest BCUT2D eigenvalue weighted by molar-refractivity contribution is 9.10. The molecule has 2 aromatic rings. The largest absolute Gasteiger partial charge is 0.492 e. The summed E-state index contributed by atoms with van der Waals surface area (Å²) in [4.78, 5) is 12.5. The van der Waals surface area contributed by atoms with E-state index in [0.29, 0.717) is 29.4 Å². The molecule has 0 aliphatic carbocycles. The van der Waals surface area contributed by atoms with Crippen LogP contribution in [0.2, 0.25) is 5.02 Å². The summed E-state index contributed by atoms with van der Waals surface area (Å²) in [5.74, 6) is 0.734. The Morgan fingerprint density at radius 3 is 2.95 bits per heavy atom. The zero-order valence-electron chi connectivity index (χ0n) is 10.7. The average molecular weight is 352 g/mol. The topological polar surface area (TPSA) is 26.3 Å². The number of halogens is 2. The van der Waals surface area contributed by atoms with E-state index >= 15 is 0 Å². The number of carbonyl (C=O) groups is 1. The average Bonchev–Trinajstić information content (AvgIpc) is 2.85. The molecule has 0 radical (unpaired) electrons. The summed E-state index contributed by atoms with van der Waals surface area (Å²) in [6.07, 6.45) is 1.16. The van der Waals surface area contributed by atoms with Gasteiger partial charge >= 0.3 is 0 Å². The van der Waals surface area contributed by atoms with Gasteiger partial charge in [0.15, 0.2) is 5.78 Å². The van der Waals surface area contributed by atoms with E-state index in [-0.39, 0.29) is 5.78 Å². The van der Waals surface area contributed by atoms with Gasteiger partial charge in [0.25, 0.3) is 0 Å². The van der Waals surface area contributed by atoms with Gasteiger partial charge in [-0.3, -0.25) is 4.79 Å². The second-order valence-electron chi connectivity index (χ2n) is 4.77. The van der Waals surface area contributed by atoms with Gasteiger partial charge in [0.05, 0.1) is 12.2 Å². The van der Waals surface area contributed by atoms with Crippen LogP contribution in [0.4, 0.5) is 0 Å². The Hall–Kier alpha value is -1.32. The smallest absolute Gasteiger partial charge is 0.171 e. The molecular formula is C16H12BrClO2. The number of rotatable bonds is 3. The second-order valence-corrected chi connectivity index (χ2v) is 6.12. The maximum atomic E-state index is 12.5. The minimum Gasteiger partial charge on any atom is -0.492 e. The molecule has 3 rings (SSSR count). The number of ether oxygens (including phenoxy) is 1. The van der Waals surface area contributed by atoms with Crippen LogP contribution < -0.4 is 4.74 Å². The molecule has 1 heterocycles. The van der Waals surface area contributed by atoms with Gasteiger partial charge in [-0.2, -0.15) is 0 Å². The standard InChI is InChI=1S/C16H12BrClO2/c17-12-3-1-2-10(6-12)7-15(19)14-9-13(18)8-11-4-5-20-16(11)14/h1-3,6,8-9H,4-5,7H2. The maximum absolute atomic E-state index is 12.5. The van der Waals surface area contributed by atoms with Crippen molar-refractivity contribution in [2.45, 2.75) is 12.8 Å². The fourth-order valence-electron chi connectivity index (χ4n) is 2.40. The summed E-state index contributed by atoms with van der Waals surface area (Å²) in [7, 11) is 0. The Morgan fingerprint density at radius 2 is 2.15 bits per heavy atom. The quantitative estimate of drug-likeness (QED) is 0.763. The lowest BCUT2D eigenvalue weighted by atomic mass is 10.00. The molecule has 1 aliphatic rings. The molecular weight excluding hydrogens is 340 g/mol. The highest BCUT2D eigenvalue weighted by Crippen LogP contribution is 2.33. The lowest BCUT2D eigenvalue weighted by Gasteiger charge is -2.08. The fourth-order valence-corrected chi connectivity index (χ4v) is 3.09. The van der Waals surface area contributed by atoms with Crippen LogP contribution in [-0.4, -0.2) is 12.4 Å². The molecule has 0 saturated heterocycles. The van der Waals surface area contributed by atoms with Crippen molar-refractivity contribution in [1.82, 2.24) is 0 Å². The highest BCUT2D eigenvalue weighted by atomic mass is 79.9. The Kier molecular flexibility index (Phi) is 3.81. The van der Waals surface area contributed by atoms with Gasteiger partial charge in [-0.1, -0.05) is 39.7 Å². The first kappa shape index (κ1) is 13.7. The molecule has 0 saturated carbocycles. The fraction of sp³-hybridized carbons (Fsp3) is 0.188.